The predicted molar refractivity (Wildman–Crippen MR) is 35.2 cm³/mol. The quantitative estimate of drug-likeness (QED) is 0.572. The normalized spacial score (nSPS) is 17.9. The van der Waals surface area contributed by atoms with Crippen molar-refractivity contribution >= 4 is 10.8 Å². The fraction of sp³-hybridized carbons (Fsp3) is 1.00. The molecule has 0 saturated carbocycles. The summed E-state index contributed by atoms with van der Waals surface area (Å²) in [6.07, 6.45) is 1.64. The molecule has 0 spiro atoms. The van der Waals surface area contributed by atoms with E-state index in [1.165, 1.54) is 0 Å². The summed E-state index contributed by atoms with van der Waals surface area (Å²) in [6.45, 7) is 4.34. The minimum Gasteiger partial charge on any atom is -0.366 e. The second-order valence-electron chi connectivity index (χ2n) is 1.52. The third-order valence-corrected chi connectivity index (χ3v) is 1.94. The van der Waals surface area contributed by atoms with Crippen molar-refractivity contribution in [2.45, 2.75) is 19.3 Å². The Balaban J connectivity index is 3.32. The fourth-order valence-electron chi connectivity index (χ4n) is 0.331. The Morgan fingerprint density at radius 2 is 2.25 bits per heavy atom. The molecule has 0 heterocycles. The molecule has 0 rings (SSSR count). The minimum atomic E-state index is -0.832. The van der Waals surface area contributed by atoms with Gasteiger partial charge in [0.05, 0.1) is 0 Å². The molecule has 0 amide bonds. The van der Waals surface area contributed by atoms with Gasteiger partial charge in [0.25, 0.3) is 0 Å². The highest BCUT2D eigenvalue weighted by molar-refractivity contribution is 7.84. The van der Waals surface area contributed by atoms with Gasteiger partial charge in [0.1, 0.15) is 5.44 Å². The second-order valence-corrected chi connectivity index (χ2v) is 3.18. The molecule has 0 aliphatic carbocycles. The lowest BCUT2D eigenvalue weighted by atomic mass is 10.8. The molecule has 0 saturated heterocycles. The molecule has 8 heavy (non-hydrogen) atoms. The summed E-state index contributed by atoms with van der Waals surface area (Å²) in [7, 11) is -0.832. The molecule has 50 valence electrons. The fourth-order valence-corrected chi connectivity index (χ4v) is 0.658. The molecule has 0 aromatic rings. The molecule has 2 unspecified atom stereocenters. The lowest BCUT2D eigenvalue weighted by Crippen LogP contribution is -2.12. The van der Waals surface area contributed by atoms with E-state index in [1.807, 2.05) is 6.92 Å². The molecule has 0 aliphatic rings. The smallest absolute Gasteiger partial charge is 0.129 e. The summed E-state index contributed by atoms with van der Waals surface area (Å²) >= 11 is 0. The van der Waals surface area contributed by atoms with E-state index in [2.05, 4.69) is 0 Å². The molecule has 2 nitrogen and oxygen atoms in total. The molecular weight excluding hydrogens is 124 g/mol. The summed E-state index contributed by atoms with van der Waals surface area (Å²) in [6, 6.07) is 0. The van der Waals surface area contributed by atoms with E-state index in [0.29, 0.717) is 6.61 Å². The van der Waals surface area contributed by atoms with E-state index in [0.717, 1.165) is 0 Å². The largest absolute Gasteiger partial charge is 0.366 e. The van der Waals surface area contributed by atoms with E-state index in [1.54, 1.807) is 13.2 Å². The molecule has 0 bridgehead atoms. The standard InChI is InChI=1S/C5H12O2S/c1-4-7-5(2)8(3)6/h5H,4H2,1-3H3. The van der Waals surface area contributed by atoms with Crippen molar-refractivity contribution in [1.29, 1.82) is 0 Å². The molecule has 0 radical (unpaired) electrons. The molecule has 0 N–H and O–H groups in total. The van der Waals surface area contributed by atoms with Crippen LogP contribution in [0.2, 0.25) is 0 Å². The maximum Gasteiger partial charge on any atom is 0.129 e. The highest BCUT2D eigenvalue weighted by atomic mass is 32.2. The molecule has 2 atom stereocenters. The predicted octanol–water partition coefficient (Wildman–Crippen LogP) is 0.747. The number of hydrogen-bond donors (Lipinski definition) is 0. The lowest BCUT2D eigenvalue weighted by Gasteiger charge is -2.05. The van der Waals surface area contributed by atoms with Gasteiger partial charge >= 0.3 is 0 Å². The van der Waals surface area contributed by atoms with Crippen LogP contribution in [0.5, 0.6) is 0 Å². The SMILES string of the molecule is CCOC(C)S(C)=O. The highest BCUT2D eigenvalue weighted by Gasteiger charge is 2.01. The van der Waals surface area contributed by atoms with E-state index >= 15 is 0 Å². The lowest BCUT2D eigenvalue weighted by molar-refractivity contribution is 0.134. The van der Waals surface area contributed by atoms with Crippen LogP contribution in [0, 0.1) is 0 Å². The van der Waals surface area contributed by atoms with Crippen LogP contribution in [0.4, 0.5) is 0 Å². The molecular formula is C5H12O2S. The summed E-state index contributed by atoms with van der Waals surface area (Å²) < 4.78 is 15.5. The first-order valence-electron chi connectivity index (χ1n) is 2.62. The Labute approximate surface area is 52.7 Å². The van der Waals surface area contributed by atoms with Crippen LogP contribution in [0.15, 0.2) is 0 Å². The van der Waals surface area contributed by atoms with E-state index in [4.69, 9.17) is 4.74 Å². The maximum atomic E-state index is 10.5. The first kappa shape index (κ1) is 8.11. The molecule has 0 aliphatic heterocycles. The summed E-state index contributed by atoms with van der Waals surface area (Å²) in [5, 5.41) is 0. The zero-order chi connectivity index (χ0) is 6.57. The Bertz CT molecular complexity index is 82.5. The monoisotopic (exact) mass is 136 g/mol. The van der Waals surface area contributed by atoms with E-state index < -0.39 is 10.8 Å². The molecule has 0 fully saturated rings. The average Bonchev–Trinajstić information content (AvgIpc) is 1.67. The molecule has 3 heteroatoms. The Morgan fingerprint density at radius 3 is 2.38 bits per heavy atom. The van der Waals surface area contributed by atoms with Gasteiger partial charge in [-0.15, -0.1) is 0 Å². The molecule has 0 aromatic heterocycles. The van der Waals surface area contributed by atoms with Gasteiger partial charge in [0, 0.05) is 23.7 Å². The Hall–Kier alpha value is 0.110. The maximum absolute atomic E-state index is 10.5. The van der Waals surface area contributed by atoms with Crippen LogP contribution in [0.25, 0.3) is 0 Å². The first-order valence-corrected chi connectivity index (χ1v) is 4.24. The van der Waals surface area contributed by atoms with Crippen LogP contribution < -0.4 is 0 Å². The van der Waals surface area contributed by atoms with Gasteiger partial charge in [0.2, 0.25) is 0 Å². The van der Waals surface area contributed by atoms with Crippen molar-refractivity contribution < 1.29 is 8.95 Å². The van der Waals surface area contributed by atoms with Crippen molar-refractivity contribution in [3.63, 3.8) is 0 Å². The van der Waals surface area contributed by atoms with Gasteiger partial charge in [-0.2, -0.15) is 0 Å². The minimum absolute atomic E-state index is 0.111. The number of ether oxygens (including phenoxy) is 1. The van der Waals surface area contributed by atoms with Crippen LogP contribution in [-0.2, 0) is 15.5 Å². The highest BCUT2D eigenvalue weighted by Crippen LogP contribution is 1.92. The van der Waals surface area contributed by atoms with E-state index in [-0.39, 0.29) is 5.44 Å². The van der Waals surface area contributed by atoms with Gasteiger partial charge < -0.3 is 4.74 Å². The van der Waals surface area contributed by atoms with Gasteiger partial charge in [-0.3, -0.25) is 4.21 Å². The number of hydrogen-bond acceptors (Lipinski definition) is 2. The second kappa shape index (κ2) is 4.04. The van der Waals surface area contributed by atoms with Crippen molar-refractivity contribution in [3.8, 4) is 0 Å². The zero-order valence-electron chi connectivity index (χ0n) is 5.51. The van der Waals surface area contributed by atoms with Gasteiger partial charge in [0.15, 0.2) is 0 Å². The van der Waals surface area contributed by atoms with Gasteiger partial charge in [-0.05, 0) is 13.8 Å². The Kier molecular flexibility index (Phi) is 4.09. The zero-order valence-corrected chi connectivity index (χ0v) is 6.33. The summed E-state index contributed by atoms with van der Waals surface area (Å²) in [5.74, 6) is 0. The van der Waals surface area contributed by atoms with Crippen LogP contribution in [-0.4, -0.2) is 22.5 Å². The van der Waals surface area contributed by atoms with Crippen LogP contribution in [0.3, 0.4) is 0 Å². The van der Waals surface area contributed by atoms with Crippen molar-refractivity contribution in [3.05, 3.63) is 0 Å². The van der Waals surface area contributed by atoms with Gasteiger partial charge in [-0.25, -0.2) is 0 Å². The third kappa shape index (κ3) is 3.16. The summed E-state index contributed by atoms with van der Waals surface area (Å²) in [4.78, 5) is 0. The summed E-state index contributed by atoms with van der Waals surface area (Å²) in [5.41, 5.74) is -0.111. The van der Waals surface area contributed by atoms with E-state index in [9.17, 15) is 4.21 Å². The third-order valence-electron chi connectivity index (χ3n) is 0.869. The topological polar surface area (TPSA) is 26.3 Å². The van der Waals surface area contributed by atoms with Crippen molar-refractivity contribution in [2.75, 3.05) is 12.9 Å². The number of rotatable bonds is 3. The van der Waals surface area contributed by atoms with Crippen molar-refractivity contribution in [1.82, 2.24) is 0 Å². The molecule has 0 aromatic carbocycles. The Morgan fingerprint density at radius 1 is 1.75 bits per heavy atom. The van der Waals surface area contributed by atoms with Crippen LogP contribution in [0.1, 0.15) is 13.8 Å². The van der Waals surface area contributed by atoms with Crippen LogP contribution >= 0.6 is 0 Å². The van der Waals surface area contributed by atoms with Crippen molar-refractivity contribution in [2.24, 2.45) is 0 Å². The average molecular weight is 136 g/mol. The first-order chi connectivity index (χ1) is 3.68. The van der Waals surface area contributed by atoms with Gasteiger partial charge in [-0.1, -0.05) is 0 Å².